The number of nitrogens with two attached hydrogens (primary N) is 1. The number of aromatic nitrogens is 2. The van der Waals surface area contributed by atoms with Gasteiger partial charge in [-0.15, -0.1) is 0 Å². The fourth-order valence-corrected chi connectivity index (χ4v) is 2.02. The highest BCUT2D eigenvalue weighted by Crippen LogP contribution is 2.19. The van der Waals surface area contributed by atoms with Crippen molar-refractivity contribution in [3.63, 3.8) is 0 Å². The molecule has 0 saturated heterocycles. The van der Waals surface area contributed by atoms with Gasteiger partial charge in [-0.2, -0.15) is 0 Å². The summed E-state index contributed by atoms with van der Waals surface area (Å²) in [6.07, 6.45) is 3.38. The lowest BCUT2D eigenvalue weighted by Crippen LogP contribution is -2.25. The van der Waals surface area contributed by atoms with Gasteiger partial charge in [-0.25, -0.2) is 9.37 Å². The van der Waals surface area contributed by atoms with Crippen LogP contribution >= 0.6 is 0 Å². The number of aliphatic carboxylic acids is 1. The molecule has 1 amide bonds. The van der Waals surface area contributed by atoms with Gasteiger partial charge in [0.05, 0.1) is 24.1 Å². The smallest absolute Gasteiger partial charge is 0.300 e. The van der Waals surface area contributed by atoms with E-state index in [1.807, 2.05) is 11.5 Å². The van der Waals surface area contributed by atoms with Crippen molar-refractivity contribution >= 4 is 11.9 Å². The standard InChI is InChI=1S/C15H19FN4O2.C2H4O2/c1-2-20-10-18-8-12(20)9-19-15(21)13-7-11(16)3-4-14(13)22-6-5-17;1-2(3)4/h3-4,7-8,10H,2,5-6,9,17H2,1H3,(H,19,21);1H3,(H,3,4). The van der Waals surface area contributed by atoms with E-state index in [1.54, 1.807) is 12.5 Å². The molecule has 8 nitrogen and oxygen atoms in total. The molecule has 0 aliphatic heterocycles. The number of carboxylic acids is 1. The Morgan fingerprint density at radius 2 is 2.12 bits per heavy atom. The molecule has 1 heterocycles. The molecular weight excluding hydrogens is 343 g/mol. The van der Waals surface area contributed by atoms with Crippen LogP contribution in [0.1, 0.15) is 29.9 Å². The largest absolute Gasteiger partial charge is 0.491 e. The second-order valence-electron chi connectivity index (χ2n) is 5.15. The summed E-state index contributed by atoms with van der Waals surface area (Å²) < 4.78 is 20.7. The number of carbonyl (C=O) groups excluding carboxylic acids is 1. The van der Waals surface area contributed by atoms with Gasteiger partial charge in [-0.3, -0.25) is 9.59 Å². The van der Waals surface area contributed by atoms with Crippen molar-refractivity contribution < 1.29 is 23.8 Å². The highest BCUT2D eigenvalue weighted by Gasteiger charge is 2.14. The van der Waals surface area contributed by atoms with Gasteiger partial charge in [-0.05, 0) is 25.1 Å². The number of hydrogen-bond donors (Lipinski definition) is 3. The molecule has 2 rings (SSSR count). The van der Waals surface area contributed by atoms with Gasteiger partial charge in [0.2, 0.25) is 0 Å². The summed E-state index contributed by atoms with van der Waals surface area (Å²) in [4.78, 5) is 25.3. The summed E-state index contributed by atoms with van der Waals surface area (Å²) >= 11 is 0. The average molecular weight is 366 g/mol. The van der Waals surface area contributed by atoms with E-state index in [9.17, 15) is 9.18 Å². The molecule has 4 N–H and O–H groups in total. The van der Waals surface area contributed by atoms with Crippen LogP contribution < -0.4 is 15.8 Å². The number of halogens is 1. The number of benzene rings is 1. The van der Waals surface area contributed by atoms with Crippen LogP contribution in [0.3, 0.4) is 0 Å². The Kier molecular flexibility index (Phi) is 8.79. The number of amides is 1. The number of aryl methyl sites for hydroxylation is 1. The van der Waals surface area contributed by atoms with Crippen LogP contribution in [0.15, 0.2) is 30.7 Å². The third-order valence-corrected chi connectivity index (χ3v) is 3.13. The number of rotatable bonds is 7. The lowest BCUT2D eigenvalue weighted by Gasteiger charge is -2.12. The first kappa shape index (κ1) is 21.1. The van der Waals surface area contributed by atoms with E-state index >= 15 is 0 Å². The first-order valence-corrected chi connectivity index (χ1v) is 7.98. The van der Waals surface area contributed by atoms with Crippen molar-refractivity contribution in [3.05, 3.63) is 47.8 Å². The Balaban J connectivity index is 0.000000765. The Bertz CT molecular complexity index is 729. The van der Waals surface area contributed by atoms with Crippen LogP contribution in [-0.4, -0.2) is 39.7 Å². The minimum Gasteiger partial charge on any atom is -0.491 e. The molecule has 26 heavy (non-hydrogen) atoms. The van der Waals surface area contributed by atoms with E-state index < -0.39 is 17.7 Å². The van der Waals surface area contributed by atoms with Gasteiger partial charge in [0, 0.05) is 26.2 Å². The fourth-order valence-electron chi connectivity index (χ4n) is 2.02. The van der Waals surface area contributed by atoms with Crippen molar-refractivity contribution in [2.24, 2.45) is 5.73 Å². The quantitative estimate of drug-likeness (QED) is 0.681. The van der Waals surface area contributed by atoms with Gasteiger partial charge < -0.3 is 25.5 Å². The molecule has 1 aromatic carbocycles. The molecule has 1 aromatic heterocycles. The molecule has 0 radical (unpaired) electrons. The van der Waals surface area contributed by atoms with E-state index in [0.29, 0.717) is 18.8 Å². The van der Waals surface area contributed by atoms with Crippen molar-refractivity contribution in [1.29, 1.82) is 0 Å². The first-order chi connectivity index (χ1) is 12.4. The molecule has 0 fully saturated rings. The van der Waals surface area contributed by atoms with E-state index in [1.165, 1.54) is 12.1 Å². The number of carbonyl (C=O) groups is 2. The van der Waals surface area contributed by atoms with Gasteiger partial charge >= 0.3 is 0 Å². The van der Waals surface area contributed by atoms with E-state index in [-0.39, 0.29) is 12.2 Å². The van der Waals surface area contributed by atoms with Gasteiger partial charge in [0.1, 0.15) is 18.2 Å². The summed E-state index contributed by atoms with van der Waals surface area (Å²) in [5, 5.41) is 10.2. The summed E-state index contributed by atoms with van der Waals surface area (Å²) in [7, 11) is 0. The van der Waals surface area contributed by atoms with E-state index in [0.717, 1.165) is 25.2 Å². The SMILES string of the molecule is CC(=O)O.CCn1cncc1CNC(=O)c1cc(F)ccc1OCCN. The molecule has 0 spiro atoms. The zero-order valence-corrected chi connectivity index (χ0v) is 14.7. The third kappa shape index (κ3) is 6.89. The van der Waals surface area contributed by atoms with Gasteiger partial charge in [0.15, 0.2) is 0 Å². The number of nitrogens with one attached hydrogen (secondary N) is 1. The maximum atomic E-state index is 13.4. The van der Waals surface area contributed by atoms with Crippen LogP contribution in [0, 0.1) is 5.82 Å². The number of nitrogens with zero attached hydrogens (tertiary/aromatic N) is 2. The van der Waals surface area contributed by atoms with Crippen molar-refractivity contribution in [1.82, 2.24) is 14.9 Å². The van der Waals surface area contributed by atoms with Crippen molar-refractivity contribution in [3.8, 4) is 5.75 Å². The normalized spacial score (nSPS) is 9.85. The van der Waals surface area contributed by atoms with E-state index in [2.05, 4.69) is 10.3 Å². The summed E-state index contributed by atoms with van der Waals surface area (Å²) in [6, 6.07) is 3.82. The Morgan fingerprint density at radius 1 is 1.42 bits per heavy atom. The van der Waals surface area contributed by atoms with Crippen LogP contribution in [0.25, 0.3) is 0 Å². The van der Waals surface area contributed by atoms with Crippen LogP contribution in [0.2, 0.25) is 0 Å². The topological polar surface area (TPSA) is 119 Å². The maximum absolute atomic E-state index is 13.4. The minimum atomic E-state index is -0.833. The molecule has 0 unspecified atom stereocenters. The molecule has 0 saturated carbocycles. The Labute approximate surface area is 150 Å². The van der Waals surface area contributed by atoms with Crippen LogP contribution in [0.5, 0.6) is 5.75 Å². The second-order valence-corrected chi connectivity index (χ2v) is 5.15. The lowest BCUT2D eigenvalue weighted by molar-refractivity contribution is -0.134. The fraction of sp³-hybridized carbons (Fsp3) is 0.353. The van der Waals surface area contributed by atoms with E-state index in [4.69, 9.17) is 20.4 Å². The highest BCUT2D eigenvalue weighted by atomic mass is 19.1. The molecule has 0 bridgehead atoms. The van der Waals surface area contributed by atoms with Crippen molar-refractivity contribution in [2.45, 2.75) is 26.9 Å². The predicted molar refractivity (Wildman–Crippen MR) is 93.3 cm³/mol. The second kappa shape index (κ2) is 10.8. The number of imidazole rings is 1. The predicted octanol–water partition coefficient (Wildman–Crippen LogP) is 1.40. The van der Waals surface area contributed by atoms with Crippen LogP contribution in [0.4, 0.5) is 4.39 Å². The Morgan fingerprint density at radius 3 is 2.73 bits per heavy atom. The molecule has 2 aromatic rings. The molecule has 142 valence electrons. The maximum Gasteiger partial charge on any atom is 0.300 e. The first-order valence-electron chi connectivity index (χ1n) is 7.98. The number of carboxylic acid groups (broad SMARTS) is 1. The zero-order chi connectivity index (χ0) is 19.5. The molecular formula is C17H23FN4O4. The average Bonchev–Trinajstić information content (AvgIpc) is 3.05. The van der Waals surface area contributed by atoms with Gasteiger partial charge in [-0.1, -0.05) is 0 Å². The lowest BCUT2D eigenvalue weighted by atomic mass is 10.2. The van der Waals surface area contributed by atoms with Crippen molar-refractivity contribution in [2.75, 3.05) is 13.2 Å². The number of ether oxygens (including phenoxy) is 1. The summed E-state index contributed by atoms with van der Waals surface area (Å²) in [5.41, 5.74) is 6.40. The van der Waals surface area contributed by atoms with Gasteiger partial charge in [0.25, 0.3) is 11.9 Å². The Hall–Kier alpha value is -2.94. The summed E-state index contributed by atoms with van der Waals surface area (Å²) in [6.45, 7) is 4.70. The highest BCUT2D eigenvalue weighted by molar-refractivity contribution is 5.96. The molecule has 0 aliphatic carbocycles. The van der Waals surface area contributed by atoms with Crippen LogP contribution in [-0.2, 0) is 17.9 Å². The monoisotopic (exact) mass is 366 g/mol. The minimum absolute atomic E-state index is 0.149. The molecule has 0 atom stereocenters. The summed E-state index contributed by atoms with van der Waals surface area (Å²) in [5.74, 6) is -1.42. The molecule has 0 aliphatic rings. The third-order valence-electron chi connectivity index (χ3n) is 3.13. The zero-order valence-electron chi connectivity index (χ0n) is 14.7. The number of hydrogen-bond acceptors (Lipinski definition) is 5. The molecule has 9 heteroatoms.